The Morgan fingerprint density at radius 3 is 1.68 bits per heavy atom. The van der Waals surface area contributed by atoms with Gasteiger partial charge >= 0.3 is 0 Å². The summed E-state index contributed by atoms with van der Waals surface area (Å²) in [5, 5.41) is 25.0. The molecule has 0 radical (unpaired) electrons. The van der Waals surface area contributed by atoms with Gasteiger partial charge in [0.15, 0.2) is 11.6 Å². The van der Waals surface area contributed by atoms with Crippen molar-refractivity contribution in [2.24, 2.45) is 11.7 Å². The summed E-state index contributed by atoms with van der Waals surface area (Å²) in [6.45, 7) is 0.0891. The van der Waals surface area contributed by atoms with E-state index in [0.717, 1.165) is 0 Å². The fourth-order valence-electron chi connectivity index (χ4n) is 1.51. The van der Waals surface area contributed by atoms with Gasteiger partial charge in [-0.2, -0.15) is 0 Å². The summed E-state index contributed by atoms with van der Waals surface area (Å²) >= 11 is 0. The molecule has 0 unspecified atom stereocenters. The monoisotopic (exact) mass is 275 g/mol. The minimum absolute atomic E-state index is 0.200. The molecule has 0 atom stereocenters. The smallest absolute Gasteiger partial charge is 0.150 e. The number of aliphatic hydroxyl groups excluding tert-OH is 3. The topological polar surface area (TPSA) is 138 Å². The summed E-state index contributed by atoms with van der Waals surface area (Å²) in [5.41, 5.74) is 3.94. The Morgan fingerprint density at radius 2 is 1.53 bits per heavy atom. The molecule has 0 spiro atoms. The van der Waals surface area contributed by atoms with Crippen molar-refractivity contribution < 1.29 is 29.7 Å². The Balaban J connectivity index is 0.000000362. The first-order valence-corrected chi connectivity index (χ1v) is 5.98. The number of hydrogen-bond donors (Lipinski definition) is 4. The van der Waals surface area contributed by atoms with E-state index in [1.807, 2.05) is 0 Å². The van der Waals surface area contributed by atoms with E-state index in [1.54, 1.807) is 0 Å². The first-order chi connectivity index (χ1) is 8.81. The predicted molar refractivity (Wildman–Crippen MR) is 66.2 cm³/mol. The number of nitrogens with two attached hydrogens (primary N) is 1. The zero-order chi connectivity index (χ0) is 15.1. The lowest BCUT2D eigenvalue weighted by molar-refractivity contribution is -0.141. The highest BCUT2D eigenvalue weighted by atomic mass is 16.3. The fourth-order valence-corrected chi connectivity index (χ4v) is 1.51. The first kappa shape index (κ1) is 17.8. The third-order valence-corrected chi connectivity index (χ3v) is 2.84. The van der Waals surface area contributed by atoms with Crippen LogP contribution < -0.4 is 5.73 Å². The summed E-state index contributed by atoms with van der Waals surface area (Å²) in [5.74, 6) is -1.63. The van der Waals surface area contributed by atoms with Gasteiger partial charge in [-0.3, -0.25) is 14.4 Å². The lowest BCUT2D eigenvalue weighted by Gasteiger charge is -2.20. The zero-order valence-electron chi connectivity index (χ0n) is 11.0. The van der Waals surface area contributed by atoms with E-state index in [2.05, 4.69) is 0 Å². The largest absolute Gasteiger partial charge is 0.394 e. The molecule has 0 aromatic heterocycles. The van der Waals surface area contributed by atoms with Crippen LogP contribution in [0.5, 0.6) is 0 Å². The van der Waals surface area contributed by atoms with Crippen molar-refractivity contribution in [1.82, 2.24) is 0 Å². The quantitative estimate of drug-likeness (QED) is 0.443. The van der Waals surface area contributed by atoms with Crippen LogP contribution in [-0.4, -0.2) is 58.0 Å². The van der Waals surface area contributed by atoms with Crippen molar-refractivity contribution in [3.63, 3.8) is 0 Å². The van der Waals surface area contributed by atoms with Gasteiger partial charge in [-0.15, -0.1) is 0 Å². The molecule has 0 aromatic rings. The highest BCUT2D eigenvalue weighted by Gasteiger charge is 2.33. The van der Waals surface area contributed by atoms with Crippen LogP contribution >= 0.6 is 0 Å². The van der Waals surface area contributed by atoms with Crippen molar-refractivity contribution in [1.29, 1.82) is 0 Å². The lowest BCUT2D eigenvalue weighted by atomic mass is 9.84. The Labute approximate surface area is 111 Å². The molecule has 0 amide bonds. The molecule has 5 N–H and O–H groups in total. The van der Waals surface area contributed by atoms with Gasteiger partial charge in [-0.25, -0.2) is 0 Å². The van der Waals surface area contributed by atoms with E-state index >= 15 is 0 Å². The molecular formula is C12H21NO6. The number of carbonyl (C=O) groups excluding carboxylic acids is 3. The second-order valence-electron chi connectivity index (χ2n) is 4.67. The summed E-state index contributed by atoms with van der Waals surface area (Å²) in [6, 6.07) is 0. The molecule has 7 nitrogen and oxygen atoms in total. The minimum atomic E-state index is -1.21. The van der Waals surface area contributed by atoms with Crippen molar-refractivity contribution in [2.75, 3.05) is 19.8 Å². The molecule has 7 heteroatoms. The summed E-state index contributed by atoms with van der Waals surface area (Å²) in [6.07, 6.45) is 1.38. The highest BCUT2D eigenvalue weighted by Crippen LogP contribution is 2.17. The van der Waals surface area contributed by atoms with Gasteiger partial charge in [0.05, 0.1) is 25.4 Å². The molecule has 0 heterocycles. The Bertz CT molecular complexity index is 313. The van der Waals surface area contributed by atoms with Crippen LogP contribution in [0.15, 0.2) is 0 Å². The first-order valence-electron chi connectivity index (χ1n) is 5.98. The maximum atomic E-state index is 11.0. The van der Waals surface area contributed by atoms with Gasteiger partial charge in [0, 0.05) is 12.8 Å². The highest BCUT2D eigenvalue weighted by molar-refractivity contribution is 6.19. The van der Waals surface area contributed by atoms with Gasteiger partial charge in [0.25, 0.3) is 0 Å². The van der Waals surface area contributed by atoms with Crippen LogP contribution in [0.1, 0.15) is 26.2 Å². The Kier molecular flexibility index (Phi) is 7.62. The molecule has 1 saturated carbocycles. The van der Waals surface area contributed by atoms with Gasteiger partial charge in [0.1, 0.15) is 11.7 Å². The fraction of sp³-hybridized carbons (Fsp3) is 0.750. The second-order valence-corrected chi connectivity index (χ2v) is 4.67. The molecule has 0 bridgehead atoms. The average molecular weight is 275 g/mol. The predicted octanol–water partition coefficient (Wildman–Crippen LogP) is -1.83. The standard InChI is InChI=1S/C8H10O3.C4H11NO3/c1-5(9)8-6(10)3-2-4-7(8)11;5-4(1-6,2-7)3-8/h8H,2-4H2,1H3;6-8H,1-3,5H2. The summed E-state index contributed by atoms with van der Waals surface area (Å²) < 4.78 is 0. The normalized spacial score (nSPS) is 16.9. The van der Waals surface area contributed by atoms with Crippen LogP contribution in [-0.2, 0) is 14.4 Å². The number of Topliss-reactive ketones (excluding diaryl/α,β-unsaturated/α-hetero) is 3. The molecule has 19 heavy (non-hydrogen) atoms. The van der Waals surface area contributed by atoms with E-state index in [-0.39, 0.29) is 17.3 Å². The molecule has 0 aromatic carbocycles. The zero-order valence-corrected chi connectivity index (χ0v) is 11.0. The second kappa shape index (κ2) is 8.11. The van der Waals surface area contributed by atoms with Crippen molar-refractivity contribution in [3.8, 4) is 0 Å². The van der Waals surface area contributed by atoms with Gasteiger partial charge in [-0.1, -0.05) is 0 Å². The lowest BCUT2D eigenvalue weighted by Crippen LogP contribution is -2.50. The molecule has 1 aliphatic carbocycles. The van der Waals surface area contributed by atoms with Crippen LogP contribution in [0.4, 0.5) is 0 Å². The maximum absolute atomic E-state index is 11.0. The van der Waals surface area contributed by atoms with Gasteiger partial charge in [0.2, 0.25) is 0 Å². The van der Waals surface area contributed by atoms with Crippen LogP contribution in [0, 0.1) is 5.92 Å². The summed E-state index contributed by atoms with van der Waals surface area (Å²) in [7, 11) is 0. The molecule has 1 aliphatic rings. The van der Waals surface area contributed by atoms with Crippen LogP contribution in [0.3, 0.4) is 0 Å². The van der Waals surface area contributed by atoms with Crippen LogP contribution in [0.25, 0.3) is 0 Å². The van der Waals surface area contributed by atoms with Gasteiger partial charge in [-0.05, 0) is 13.3 Å². The maximum Gasteiger partial charge on any atom is 0.150 e. The number of rotatable bonds is 4. The molecule has 0 saturated heterocycles. The van der Waals surface area contributed by atoms with Gasteiger partial charge < -0.3 is 21.1 Å². The average Bonchev–Trinajstić information content (AvgIpc) is 2.38. The number of hydrogen-bond acceptors (Lipinski definition) is 7. The number of carbonyl (C=O) groups is 3. The van der Waals surface area contributed by atoms with Crippen molar-refractivity contribution in [3.05, 3.63) is 0 Å². The number of ketones is 3. The van der Waals surface area contributed by atoms with E-state index < -0.39 is 31.3 Å². The Morgan fingerprint density at radius 1 is 1.16 bits per heavy atom. The van der Waals surface area contributed by atoms with E-state index in [1.165, 1.54) is 6.92 Å². The minimum Gasteiger partial charge on any atom is -0.394 e. The Hall–Kier alpha value is -1.15. The number of aliphatic hydroxyl groups is 3. The van der Waals surface area contributed by atoms with E-state index in [0.29, 0.717) is 19.3 Å². The SMILES string of the molecule is CC(=O)C1C(=O)CCCC1=O.NC(CO)(CO)CO. The van der Waals surface area contributed by atoms with Crippen molar-refractivity contribution >= 4 is 17.3 Å². The third kappa shape index (κ3) is 5.56. The van der Waals surface area contributed by atoms with E-state index in [9.17, 15) is 14.4 Å². The molecule has 1 fully saturated rings. The molecule has 1 rings (SSSR count). The molecule has 110 valence electrons. The molecular weight excluding hydrogens is 254 g/mol. The summed E-state index contributed by atoms with van der Waals surface area (Å²) in [4.78, 5) is 32.8. The van der Waals surface area contributed by atoms with Crippen LogP contribution in [0.2, 0.25) is 0 Å². The van der Waals surface area contributed by atoms with Crippen molar-refractivity contribution in [2.45, 2.75) is 31.7 Å². The molecule has 0 aliphatic heterocycles. The third-order valence-electron chi connectivity index (χ3n) is 2.84. The van der Waals surface area contributed by atoms with E-state index in [4.69, 9.17) is 21.1 Å².